The third-order valence-electron chi connectivity index (χ3n) is 4.12. The standard InChI is InChI=1S/C21H21FN2O4S/c1-14(2)12-28-20-19(16-5-3-15(4-6-16)13-29(26)27)11-23-24(21(20)25)18-9-7-17(22)8-10-18/h3-11,14H,12-13H2,1-2H3,(H,26,27). The molecule has 1 aromatic heterocycles. The Balaban J connectivity index is 2.06. The Hall–Kier alpha value is -2.84. The summed E-state index contributed by atoms with van der Waals surface area (Å²) >= 11 is -1.93. The van der Waals surface area contributed by atoms with Crippen molar-refractivity contribution in [2.24, 2.45) is 5.92 Å². The molecule has 0 saturated carbocycles. The fourth-order valence-electron chi connectivity index (χ4n) is 2.72. The van der Waals surface area contributed by atoms with Crippen LogP contribution in [-0.2, 0) is 16.8 Å². The zero-order valence-corrected chi connectivity index (χ0v) is 16.9. The zero-order valence-electron chi connectivity index (χ0n) is 16.0. The van der Waals surface area contributed by atoms with Gasteiger partial charge in [0.05, 0.1) is 24.2 Å². The number of hydrogen-bond acceptors (Lipinski definition) is 4. The second-order valence-corrected chi connectivity index (χ2v) is 7.88. The highest BCUT2D eigenvalue weighted by molar-refractivity contribution is 7.78. The van der Waals surface area contributed by atoms with Crippen molar-refractivity contribution in [1.82, 2.24) is 9.78 Å². The van der Waals surface area contributed by atoms with Gasteiger partial charge in [-0.1, -0.05) is 38.1 Å². The molecule has 152 valence electrons. The molecule has 0 aliphatic carbocycles. The van der Waals surface area contributed by atoms with Crippen molar-refractivity contribution in [1.29, 1.82) is 0 Å². The van der Waals surface area contributed by atoms with Gasteiger partial charge in [0.1, 0.15) is 5.82 Å². The van der Waals surface area contributed by atoms with Gasteiger partial charge in [0.2, 0.25) is 0 Å². The van der Waals surface area contributed by atoms with Crippen LogP contribution in [0.4, 0.5) is 4.39 Å². The molecule has 1 atom stereocenters. The minimum Gasteiger partial charge on any atom is -0.487 e. The maximum Gasteiger partial charge on any atom is 0.314 e. The predicted molar refractivity (Wildman–Crippen MR) is 110 cm³/mol. The molecule has 8 heteroatoms. The summed E-state index contributed by atoms with van der Waals surface area (Å²) in [7, 11) is 0. The second-order valence-electron chi connectivity index (χ2n) is 6.95. The lowest BCUT2D eigenvalue weighted by molar-refractivity contribution is 0.267. The maximum atomic E-state index is 13.2. The molecule has 6 nitrogen and oxygen atoms in total. The van der Waals surface area contributed by atoms with E-state index in [1.807, 2.05) is 13.8 Å². The molecule has 0 aliphatic heterocycles. The summed E-state index contributed by atoms with van der Waals surface area (Å²) in [5, 5.41) is 4.23. The molecule has 0 fully saturated rings. The fourth-order valence-corrected chi connectivity index (χ4v) is 3.20. The van der Waals surface area contributed by atoms with E-state index in [0.717, 1.165) is 0 Å². The summed E-state index contributed by atoms with van der Waals surface area (Å²) in [6.07, 6.45) is 1.53. The lowest BCUT2D eigenvalue weighted by Gasteiger charge is -2.15. The normalized spacial score (nSPS) is 12.2. The lowest BCUT2D eigenvalue weighted by atomic mass is 10.1. The number of rotatable bonds is 7. The molecular formula is C21H21FN2O4S. The second kappa shape index (κ2) is 9.11. The smallest absolute Gasteiger partial charge is 0.314 e. The van der Waals surface area contributed by atoms with Gasteiger partial charge < -0.3 is 9.29 Å². The molecule has 0 radical (unpaired) electrons. The van der Waals surface area contributed by atoms with Crippen molar-refractivity contribution in [2.75, 3.05) is 6.61 Å². The largest absolute Gasteiger partial charge is 0.487 e. The molecular weight excluding hydrogens is 395 g/mol. The maximum absolute atomic E-state index is 13.2. The first-order valence-electron chi connectivity index (χ1n) is 9.03. The summed E-state index contributed by atoms with van der Waals surface area (Å²) in [4.78, 5) is 13.1. The van der Waals surface area contributed by atoms with E-state index in [4.69, 9.17) is 9.29 Å². The van der Waals surface area contributed by atoms with Crippen molar-refractivity contribution in [3.05, 3.63) is 76.5 Å². The van der Waals surface area contributed by atoms with Gasteiger partial charge in [0.25, 0.3) is 0 Å². The SMILES string of the molecule is CC(C)COc1c(-c2ccc(CS(=O)O)cc2)cnn(-c2ccc(F)cc2)c1=O. The Morgan fingerprint density at radius 1 is 1.14 bits per heavy atom. The van der Waals surface area contributed by atoms with Crippen LogP contribution in [0.1, 0.15) is 19.4 Å². The monoisotopic (exact) mass is 416 g/mol. The Morgan fingerprint density at radius 2 is 1.79 bits per heavy atom. The van der Waals surface area contributed by atoms with Gasteiger partial charge >= 0.3 is 5.56 Å². The molecule has 0 bridgehead atoms. The van der Waals surface area contributed by atoms with Gasteiger partial charge in [-0.15, -0.1) is 0 Å². The van der Waals surface area contributed by atoms with E-state index < -0.39 is 22.5 Å². The first-order chi connectivity index (χ1) is 13.8. The third-order valence-corrected chi connectivity index (χ3v) is 4.70. The molecule has 1 unspecified atom stereocenters. The average molecular weight is 416 g/mol. The Labute approximate surface area is 170 Å². The number of halogens is 1. The molecule has 3 aromatic rings. The first kappa shape index (κ1) is 20.9. The van der Waals surface area contributed by atoms with Gasteiger partial charge in [0, 0.05) is 5.56 Å². The van der Waals surface area contributed by atoms with Gasteiger partial charge in [-0.2, -0.15) is 9.78 Å². The number of hydrogen-bond donors (Lipinski definition) is 1. The van der Waals surface area contributed by atoms with Gasteiger partial charge in [-0.3, -0.25) is 4.79 Å². The number of ether oxygens (including phenoxy) is 1. The molecule has 0 saturated heterocycles. The quantitative estimate of drug-likeness (QED) is 0.593. The van der Waals surface area contributed by atoms with Crippen molar-refractivity contribution in [2.45, 2.75) is 19.6 Å². The lowest BCUT2D eigenvalue weighted by Crippen LogP contribution is -2.24. The van der Waals surface area contributed by atoms with Crippen LogP contribution in [-0.4, -0.2) is 25.1 Å². The average Bonchev–Trinajstić information content (AvgIpc) is 2.68. The van der Waals surface area contributed by atoms with Crippen LogP contribution in [0.15, 0.2) is 59.5 Å². The minimum absolute atomic E-state index is 0.0292. The van der Waals surface area contributed by atoms with Gasteiger partial charge in [-0.25, -0.2) is 8.60 Å². The summed E-state index contributed by atoms with van der Waals surface area (Å²) in [5.41, 5.74) is 1.90. The Kier molecular flexibility index (Phi) is 6.56. The Bertz CT molecular complexity index is 1060. The van der Waals surface area contributed by atoms with E-state index in [-0.39, 0.29) is 17.4 Å². The fraction of sp³-hybridized carbons (Fsp3) is 0.238. The van der Waals surface area contributed by atoms with Crippen LogP contribution in [0.2, 0.25) is 0 Å². The predicted octanol–water partition coefficient (Wildman–Crippen LogP) is 3.80. The summed E-state index contributed by atoms with van der Waals surface area (Å²) in [6.45, 7) is 4.30. The molecule has 29 heavy (non-hydrogen) atoms. The topological polar surface area (TPSA) is 81.4 Å². The van der Waals surface area contributed by atoms with Crippen LogP contribution in [0, 0.1) is 11.7 Å². The number of nitrogens with zero attached hydrogens (tertiary/aromatic N) is 2. The van der Waals surface area contributed by atoms with Crippen LogP contribution < -0.4 is 10.3 Å². The highest BCUT2D eigenvalue weighted by Crippen LogP contribution is 2.27. The summed E-state index contributed by atoms with van der Waals surface area (Å²) in [6, 6.07) is 12.4. The van der Waals surface area contributed by atoms with Crippen LogP contribution >= 0.6 is 0 Å². The number of aromatic nitrogens is 2. The zero-order chi connectivity index (χ0) is 21.0. The van der Waals surface area contributed by atoms with E-state index in [1.54, 1.807) is 24.3 Å². The molecule has 0 aliphatic rings. The molecule has 0 spiro atoms. The van der Waals surface area contributed by atoms with Gasteiger partial charge in [-0.05, 0) is 41.3 Å². The van der Waals surface area contributed by atoms with E-state index >= 15 is 0 Å². The number of benzene rings is 2. The Morgan fingerprint density at radius 3 is 2.38 bits per heavy atom. The van der Waals surface area contributed by atoms with Crippen LogP contribution in [0.5, 0.6) is 5.75 Å². The van der Waals surface area contributed by atoms with E-state index in [1.165, 1.54) is 35.1 Å². The van der Waals surface area contributed by atoms with Crippen molar-refractivity contribution < 1.29 is 17.9 Å². The minimum atomic E-state index is -1.93. The third kappa shape index (κ3) is 5.16. The van der Waals surface area contributed by atoms with Crippen molar-refractivity contribution in [3.63, 3.8) is 0 Å². The molecule has 3 rings (SSSR count). The highest BCUT2D eigenvalue weighted by Gasteiger charge is 2.16. The highest BCUT2D eigenvalue weighted by atomic mass is 32.2. The molecule has 1 N–H and O–H groups in total. The van der Waals surface area contributed by atoms with Crippen molar-refractivity contribution in [3.8, 4) is 22.6 Å². The van der Waals surface area contributed by atoms with Crippen LogP contribution in [0.3, 0.4) is 0 Å². The molecule has 2 aromatic carbocycles. The van der Waals surface area contributed by atoms with E-state index in [9.17, 15) is 13.4 Å². The van der Waals surface area contributed by atoms with Crippen LogP contribution in [0.25, 0.3) is 16.8 Å². The summed E-state index contributed by atoms with van der Waals surface area (Å²) < 4.78 is 40.2. The van der Waals surface area contributed by atoms with E-state index in [0.29, 0.717) is 29.0 Å². The summed E-state index contributed by atoms with van der Waals surface area (Å²) in [5.74, 6) is -0.0202. The molecule has 0 amide bonds. The molecule has 1 heterocycles. The van der Waals surface area contributed by atoms with E-state index in [2.05, 4.69) is 5.10 Å². The van der Waals surface area contributed by atoms with Crippen molar-refractivity contribution >= 4 is 11.1 Å². The van der Waals surface area contributed by atoms with Gasteiger partial charge in [0.15, 0.2) is 16.8 Å². The first-order valence-corrected chi connectivity index (χ1v) is 10.3.